The van der Waals surface area contributed by atoms with Crippen molar-refractivity contribution in [2.75, 3.05) is 17.2 Å². The van der Waals surface area contributed by atoms with Crippen LogP contribution in [0.15, 0.2) is 60.8 Å². The van der Waals surface area contributed by atoms with Crippen LogP contribution in [0.5, 0.6) is 0 Å². The molecule has 0 saturated heterocycles. The Morgan fingerprint density at radius 1 is 1.07 bits per heavy atom. The molecule has 142 valence electrons. The van der Waals surface area contributed by atoms with Crippen molar-refractivity contribution in [3.8, 4) is 5.69 Å². The predicted molar refractivity (Wildman–Crippen MR) is 107 cm³/mol. The zero-order valence-corrected chi connectivity index (χ0v) is 15.2. The molecule has 2 aromatic carbocycles. The van der Waals surface area contributed by atoms with Crippen LogP contribution in [0.1, 0.15) is 6.92 Å². The van der Waals surface area contributed by atoms with Gasteiger partial charge < -0.3 is 15.7 Å². The van der Waals surface area contributed by atoms with Crippen molar-refractivity contribution in [1.29, 1.82) is 0 Å². The molecule has 0 spiro atoms. The summed E-state index contributed by atoms with van der Waals surface area (Å²) in [5.74, 6) is 0.581. The predicted octanol–water partition coefficient (Wildman–Crippen LogP) is 3.49. The Morgan fingerprint density at radius 2 is 1.82 bits per heavy atom. The van der Waals surface area contributed by atoms with Crippen LogP contribution in [0.3, 0.4) is 0 Å². The molecule has 0 aliphatic heterocycles. The van der Waals surface area contributed by atoms with Gasteiger partial charge in [-0.1, -0.05) is 18.2 Å². The van der Waals surface area contributed by atoms with Gasteiger partial charge in [0, 0.05) is 12.2 Å². The Hall–Kier alpha value is -3.52. The Morgan fingerprint density at radius 3 is 2.54 bits per heavy atom. The standard InChI is InChI=1S/C20H19FN6O/c1-13(28)11-22-20-25-18(24-15-9-7-14(21)8-10-15)17-12-23-27(19(17)26-20)16-5-3-2-4-6-16/h2-10,12-13,28H,11H2,1H3,(H2,22,24,25,26). The number of rotatable bonds is 6. The van der Waals surface area contributed by atoms with E-state index in [1.54, 1.807) is 29.9 Å². The minimum atomic E-state index is -0.549. The lowest BCUT2D eigenvalue weighted by Crippen LogP contribution is -2.17. The smallest absolute Gasteiger partial charge is 0.226 e. The number of hydrogen-bond donors (Lipinski definition) is 3. The van der Waals surface area contributed by atoms with Crippen molar-refractivity contribution in [3.05, 3.63) is 66.6 Å². The first-order valence-electron chi connectivity index (χ1n) is 8.86. The Balaban J connectivity index is 1.80. The van der Waals surface area contributed by atoms with Gasteiger partial charge in [-0.3, -0.25) is 0 Å². The van der Waals surface area contributed by atoms with Gasteiger partial charge in [-0.25, -0.2) is 9.07 Å². The largest absolute Gasteiger partial charge is 0.392 e. The quantitative estimate of drug-likeness (QED) is 0.476. The second-order valence-electron chi connectivity index (χ2n) is 6.39. The molecule has 0 aliphatic carbocycles. The molecule has 0 radical (unpaired) electrons. The normalized spacial score (nSPS) is 12.1. The van der Waals surface area contributed by atoms with Gasteiger partial charge >= 0.3 is 0 Å². The molecule has 0 saturated carbocycles. The summed E-state index contributed by atoms with van der Waals surface area (Å²) in [7, 11) is 0. The minimum Gasteiger partial charge on any atom is -0.392 e. The number of aliphatic hydroxyl groups excluding tert-OH is 1. The molecule has 0 bridgehead atoms. The lowest BCUT2D eigenvalue weighted by Gasteiger charge is -2.12. The second kappa shape index (κ2) is 7.61. The first kappa shape index (κ1) is 17.9. The van der Waals surface area contributed by atoms with E-state index in [1.807, 2.05) is 30.3 Å². The molecule has 7 nitrogen and oxygen atoms in total. The number of aliphatic hydroxyl groups is 1. The highest BCUT2D eigenvalue weighted by Crippen LogP contribution is 2.27. The van der Waals surface area contributed by atoms with Crippen LogP contribution in [0.2, 0.25) is 0 Å². The maximum Gasteiger partial charge on any atom is 0.226 e. The van der Waals surface area contributed by atoms with Crippen molar-refractivity contribution >= 4 is 28.5 Å². The number of benzene rings is 2. The highest BCUT2D eigenvalue weighted by Gasteiger charge is 2.15. The molecule has 1 unspecified atom stereocenters. The molecule has 4 rings (SSSR count). The summed E-state index contributed by atoms with van der Waals surface area (Å²) >= 11 is 0. The highest BCUT2D eigenvalue weighted by atomic mass is 19.1. The topological polar surface area (TPSA) is 87.9 Å². The van der Waals surface area contributed by atoms with E-state index >= 15 is 0 Å². The van der Waals surface area contributed by atoms with E-state index in [0.717, 1.165) is 11.1 Å². The lowest BCUT2D eigenvalue weighted by atomic mass is 10.3. The van der Waals surface area contributed by atoms with Crippen LogP contribution >= 0.6 is 0 Å². The fourth-order valence-electron chi connectivity index (χ4n) is 2.75. The number of anilines is 3. The van der Waals surface area contributed by atoms with Crippen molar-refractivity contribution in [3.63, 3.8) is 0 Å². The van der Waals surface area contributed by atoms with Crippen molar-refractivity contribution in [2.45, 2.75) is 13.0 Å². The fraction of sp³-hybridized carbons (Fsp3) is 0.150. The number of nitrogens with one attached hydrogen (secondary N) is 2. The molecule has 0 aliphatic rings. The van der Waals surface area contributed by atoms with Crippen molar-refractivity contribution < 1.29 is 9.50 Å². The molecular formula is C20H19FN6O. The van der Waals surface area contributed by atoms with E-state index in [0.29, 0.717) is 29.6 Å². The van der Waals surface area contributed by atoms with E-state index in [2.05, 4.69) is 25.7 Å². The SMILES string of the molecule is CC(O)CNc1nc(Nc2ccc(F)cc2)c2cnn(-c3ccccc3)c2n1. The van der Waals surface area contributed by atoms with Gasteiger partial charge in [-0.15, -0.1) is 0 Å². The van der Waals surface area contributed by atoms with Gasteiger partial charge in [-0.05, 0) is 43.3 Å². The van der Waals surface area contributed by atoms with E-state index in [4.69, 9.17) is 0 Å². The zero-order chi connectivity index (χ0) is 19.5. The molecule has 0 fully saturated rings. The Labute approximate surface area is 160 Å². The van der Waals surface area contributed by atoms with Crippen LogP contribution in [0.4, 0.5) is 21.8 Å². The molecule has 28 heavy (non-hydrogen) atoms. The second-order valence-corrected chi connectivity index (χ2v) is 6.39. The summed E-state index contributed by atoms with van der Waals surface area (Å²) in [4.78, 5) is 9.07. The third-order valence-corrected chi connectivity index (χ3v) is 4.09. The van der Waals surface area contributed by atoms with Gasteiger partial charge in [0.1, 0.15) is 11.6 Å². The third-order valence-electron chi connectivity index (χ3n) is 4.09. The van der Waals surface area contributed by atoms with E-state index < -0.39 is 6.10 Å². The molecule has 2 aromatic heterocycles. The number of aromatic nitrogens is 4. The molecule has 1 atom stereocenters. The number of fused-ring (bicyclic) bond motifs is 1. The van der Waals surface area contributed by atoms with Crippen LogP contribution in [0.25, 0.3) is 16.7 Å². The highest BCUT2D eigenvalue weighted by molar-refractivity contribution is 5.90. The number of para-hydroxylation sites is 1. The maximum atomic E-state index is 13.2. The van der Waals surface area contributed by atoms with Crippen LogP contribution in [-0.4, -0.2) is 37.5 Å². The first-order chi connectivity index (χ1) is 13.6. The van der Waals surface area contributed by atoms with Crippen LogP contribution < -0.4 is 10.6 Å². The fourth-order valence-corrected chi connectivity index (χ4v) is 2.75. The minimum absolute atomic E-state index is 0.307. The van der Waals surface area contributed by atoms with E-state index in [-0.39, 0.29) is 5.82 Å². The summed E-state index contributed by atoms with van der Waals surface area (Å²) in [5, 5.41) is 21.0. The average Bonchev–Trinajstić information content (AvgIpc) is 3.13. The first-order valence-corrected chi connectivity index (χ1v) is 8.86. The van der Waals surface area contributed by atoms with Gasteiger partial charge in [0.15, 0.2) is 5.65 Å². The molecule has 8 heteroatoms. The van der Waals surface area contributed by atoms with Gasteiger partial charge in [0.2, 0.25) is 5.95 Å². The lowest BCUT2D eigenvalue weighted by molar-refractivity contribution is 0.208. The number of halogens is 1. The summed E-state index contributed by atoms with van der Waals surface area (Å²) in [6, 6.07) is 15.7. The van der Waals surface area contributed by atoms with Crippen LogP contribution in [-0.2, 0) is 0 Å². The Kier molecular flexibility index (Phi) is 4.86. The van der Waals surface area contributed by atoms with Crippen molar-refractivity contribution in [1.82, 2.24) is 19.7 Å². The van der Waals surface area contributed by atoms with Crippen LogP contribution in [0, 0.1) is 5.82 Å². The molecule has 0 amide bonds. The van der Waals surface area contributed by atoms with Crippen molar-refractivity contribution in [2.24, 2.45) is 0 Å². The average molecular weight is 378 g/mol. The molecule has 3 N–H and O–H groups in total. The maximum absolute atomic E-state index is 13.2. The number of nitrogens with zero attached hydrogens (tertiary/aromatic N) is 4. The van der Waals surface area contributed by atoms with E-state index in [9.17, 15) is 9.50 Å². The zero-order valence-electron chi connectivity index (χ0n) is 15.2. The van der Waals surface area contributed by atoms with E-state index in [1.165, 1.54) is 12.1 Å². The number of hydrogen-bond acceptors (Lipinski definition) is 6. The van der Waals surface area contributed by atoms with Gasteiger partial charge in [-0.2, -0.15) is 15.1 Å². The molecule has 4 aromatic rings. The van der Waals surface area contributed by atoms with Gasteiger partial charge in [0.05, 0.1) is 23.4 Å². The molecular weight excluding hydrogens is 359 g/mol. The summed E-state index contributed by atoms with van der Waals surface area (Å²) in [6.45, 7) is 1.98. The third kappa shape index (κ3) is 3.77. The van der Waals surface area contributed by atoms with Gasteiger partial charge in [0.25, 0.3) is 0 Å². The monoisotopic (exact) mass is 378 g/mol. The Bertz CT molecular complexity index is 1080. The molecule has 2 heterocycles. The summed E-state index contributed by atoms with van der Waals surface area (Å²) in [5.41, 5.74) is 2.17. The summed E-state index contributed by atoms with van der Waals surface area (Å²) < 4.78 is 14.9. The summed E-state index contributed by atoms with van der Waals surface area (Å²) in [6.07, 6.45) is 1.14.